The van der Waals surface area contributed by atoms with Crippen molar-refractivity contribution in [1.29, 1.82) is 0 Å². The molecule has 1 atom stereocenters. The summed E-state index contributed by atoms with van der Waals surface area (Å²) in [5.74, 6) is 1.08. The van der Waals surface area contributed by atoms with Crippen molar-refractivity contribution in [2.75, 3.05) is 6.54 Å². The first-order valence-corrected chi connectivity index (χ1v) is 7.97. The van der Waals surface area contributed by atoms with Crippen LogP contribution in [-0.2, 0) is 11.2 Å². The first-order chi connectivity index (χ1) is 10.2. The Morgan fingerprint density at radius 1 is 1.36 bits per heavy atom. The van der Waals surface area contributed by atoms with E-state index in [1.807, 2.05) is 40.7 Å². The Kier molecular flexibility index (Phi) is 4.85. The number of aryl methyl sites for hydroxylation is 1. The van der Waals surface area contributed by atoms with Crippen LogP contribution in [0.25, 0.3) is 0 Å². The van der Waals surface area contributed by atoms with Crippen LogP contribution in [0, 0.1) is 0 Å². The second-order valence-corrected chi connectivity index (χ2v) is 7.64. The van der Waals surface area contributed by atoms with Gasteiger partial charge in [0.1, 0.15) is 11.4 Å². The number of ether oxygens (including phenoxy) is 1. The first kappa shape index (κ1) is 16.9. The maximum Gasteiger partial charge on any atom is 0.408 e. The van der Waals surface area contributed by atoms with E-state index in [4.69, 9.17) is 9.15 Å². The van der Waals surface area contributed by atoms with Gasteiger partial charge in [-0.1, -0.05) is 0 Å². The van der Waals surface area contributed by atoms with E-state index < -0.39 is 5.60 Å². The Labute approximate surface area is 132 Å². The summed E-state index contributed by atoms with van der Waals surface area (Å²) in [6.45, 7) is 10.2. The van der Waals surface area contributed by atoms with Crippen LogP contribution in [0.1, 0.15) is 64.8 Å². The highest BCUT2D eigenvalue weighted by Gasteiger charge is 2.27. The SMILES string of the molecule is CC(C)(CNC1CCCc2occc21)NC(=O)OC(C)(C)C. The number of fused-ring (bicyclic) bond motifs is 1. The summed E-state index contributed by atoms with van der Waals surface area (Å²) in [5, 5.41) is 6.47. The van der Waals surface area contributed by atoms with Crippen molar-refractivity contribution in [2.24, 2.45) is 0 Å². The molecule has 0 saturated heterocycles. The van der Waals surface area contributed by atoms with E-state index in [-0.39, 0.29) is 11.6 Å². The van der Waals surface area contributed by atoms with Crippen molar-refractivity contribution >= 4 is 6.09 Å². The second kappa shape index (κ2) is 6.32. The lowest BCUT2D eigenvalue weighted by molar-refractivity contribution is 0.0470. The third kappa shape index (κ3) is 4.77. The molecule has 1 aromatic rings. The first-order valence-electron chi connectivity index (χ1n) is 7.97. The number of alkyl carbamates (subject to hydrolysis) is 1. The van der Waals surface area contributed by atoms with E-state index in [1.54, 1.807) is 6.26 Å². The van der Waals surface area contributed by atoms with Crippen LogP contribution in [0.4, 0.5) is 4.79 Å². The molecule has 2 rings (SSSR count). The van der Waals surface area contributed by atoms with Crippen molar-refractivity contribution in [2.45, 2.75) is 71.1 Å². The zero-order valence-corrected chi connectivity index (χ0v) is 14.3. The van der Waals surface area contributed by atoms with Gasteiger partial charge in [0.05, 0.1) is 11.8 Å². The number of carbonyl (C=O) groups excluding carboxylic acids is 1. The Morgan fingerprint density at radius 3 is 2.77 bits per heavy atom. The molecule has 0 spiro atoms. The highest BCUT2D eigenvalue weighted by molar-refractivity contribution is 5.68. The smallest absolute Gasteiger partial charge is 0.408 e. The molecule has 2 N–H and O–H groups in total. The molecule has 0 aliphatic heterocycles. The zero-order valence-electron chi connectivity index (χ0n) is 14.3. The topological polar surface area (TPSA) is 63.5 Å². The summed E-state index contributed by atoms with van der Waals surface area (Å²) in [4.78, 5) is 11.9. The molecule has 5 heteroatoms. The molecule has 0 radical (unpaired) electrons. The van der Waals surface area contributed by atoms with E-state index >= 15 is 0 Å². The van der Waals surface area contributed by atoms with Crippen molar-refractivity contribution in [3.05, 3.63) is 23.7 Å². The fourth-order valence-electron chi connectivity index (χ4n) is 2.70. The normalized spacial score (nSPS) is 18.7. The van der Waals surface area contributed by atoms with Gasteiger partial charge in [-0.2, -0.15) is 0 Å². The number of hydrogen-bond acceptors (Lipinski definition) is 4. The third-order valence-electron chi connectivity index (χ3n) is 3.68. The van der Waals surface area contributed by atoms with Crippen LogP contribution in [-0.4, -0.2) is 23.8 Å². The summed E-state index contributed by atoms with van der Waals surface area (Å²) in [6.07, 6.45) is 4.61. The van der Waals surface area contributed by atoms with Crippen LogP contribution in [0.2, 0.25) is 0 Å². The lowest BCUT2D eigenvalue weighted by Crippen LogP contribution is -2.52. The van der Waals surface area contributed by atoms with Gasteiger partial charge in [-0.25, -0.2) is 4.79 Å². The Bertz CT molecular complexity index is 514. The average molecular weight is 308 g/mol. The molecule has 1 aliphatic carbocycles. The van der Waals surface area contributed by atoms with Crippen LogP contribution in [0.3, 0.4) is 0 Å². The molecule has 1 amide bonds. The summed E-state index contributed by atoms with van der Waals surface area (Å²) in [7, 11) is 0. The summed E-state index contributed by atoms with van der Waals surface area (Å²) >= 11 is 0. The fraction of sp³-hybridized carbons (Fsp3) is 0.706. The van der Waals surface area contributed by atoms with Crippen molar-refractivity contribution in [3.63, 3.8) is 0 Å². The van der Waals surface area contributed by atoms with E-state index in [0.29, 0.717) is 12.6 Å². The predicted octanol–water partition coefficient (Wildman–Crippen LogP) is 3.55. The molecular formula is C17H28N2O3. The molecule has 0 saturated carbocycles. The Balaban J connectivity index is 1.87. The number of nitrogens with one attached hydrogen (secondary N) is 2. The minimum atomic E-state index is -0.483. The molecule has 1 aromatic heterocycles. The number of carbonyl (C=O) groups is 1. The van der Waals surface area contributed by atoms with Crippen molar-refractivity contribution in [3.8, 4) is 0 Å². The molecule has 1 heterocycles. The maximum atomic E-state index is 11.9. The van der Waals surface area contributed by atoms with Gasteiger partial charge in [-0.15, -0.1) is 0 Å². The second-order valence-electron chi connectivity index (χ2n) is 7.64. The minimum absolute atomic E-state index is 0.294. The van der Waals surface area contributed by atoms with Crippen LogP contribution in [0.15, 0.2) is 16.7 Å². The Hall–Kier alpha value is -1.49. The van der Waals surface area contributed by atoms with E-state index in [9.17, 15) is 4.79 Å². The number of rotatable bonds is 4. The van der Waals surface area contributed by atoms with Gasteiger partial charge in [-0.3, -0.25) is 0 Å². The summed E-state index contributed by atoms with van der Waals surface area (Å²) in [5.41, 5.74) is 0.381. The van der Waals surface area contributed by atoms with Crippen molar-refractivity contribution < 1.29 is 13.9 Å². The lowest BCUT2D eigenvalue weighted by Gasteiger charge is -2.31. The molecular weight excluding hydrogens is 280 g/mol. The lowest BCUT2D eigenvalue weighted by atomic mass is 9.92. The fourth-order valence-corrected chi connectivity index (χ4v) is 2.70. The monoisotopic (exact) mass is 308 g/mol. The highest BCUT2D eigenvalue weighted by atomic mass is 16.6. The zero-order chi connectivity index (χ0) is 16.4. The summed E-state index contributed by atoms with van der Waals surface area (Å²) < 4.78 is 10.8. The minimum Gasteiger partial charge on any atom is -0.469 e. The number of hydrogen-bond donors (Lipinski definition) is 2. The molecule has 0 fully saturated rings. The summed E-state index contributed by atoms with van der Waals surface area (Å²) in [6, 6.07) is 2.34. The maximum absolute atomic E-state index is 11.9. The van der Waals surface area contributed by atoms with Gasteiger partial charge in [0.25, 0.3) is 0 Å². The predicted molar refractivity (Wildman–Crippen MR) is 85.8 cm³/mol. The highest BCUT2D eigenvalue weighted by Crippen LogP contribution is 2.30. The molecule has 5 nitrogen and oxygen atoms in total. The molecule has 22 heavy (non-hydrogen) atoms. The average Bonchev–Trinajstić information content (AvgIpc) is 2.81. The molecule has 0 bridgehead atoms. The number of amides is 1. The van der Waals surface area contributed by atoms with Crippen LogP contribution in [0.5, 0.6) is 0 Å². The molecule has 1 unspecified atom stereocenters. The van der Waals surface area contributed by atoms with Crippen molar-refractivity contribution in [1.82, 2.24) is 10.6 Å². The number of furan rings is 1. The van der Waals surface area contributed by atoms with Gasteiger partial charge in [0.15, 0.2) is 0 Å². The quantitative estimate of drug-likeness (QED) is 0.893. The molecule has 0 aromatic carbocycles. The van der Waals surface area contributed by atoms with Crippen LogP contribution < -0.4 is 10.6 Å². The van der Waals surface area contributed by atoms with Gasteiger partial charge in [-0.05, 0) is 53.5 Å². The van der Waals surface area contributed by atoms with Crippen LogP contribution >= 0.6 is 0 Å². The van der Waals surface area contributed by atoms with Gasteiger partial charge >= 0.3 is 6.09 Å². The van der Waals surface area contributed by atoms with Gasteiger partial charge in [0.2, 0.25) is 0 Å². The Morgan fingerprint density at radius 2 is 2.09 bits per heavy atom. The molecule has 124 valence electrons. The van der Waals surface area contributed by atoms with E-state index in [1.165, 1.54) is 5.56 Å². The standard InChI is InChI=1S/C17H28N2O3/c1-16(2,3)22-15(20)19-17(4,5)11-18-13-7-6-8-14-12(13)9-10-21-14/h9-10,13,18H,6-8,11H2,1-5H3,(H,19,20). The third-order valence-corrected chi connectivity index (χ3v) is 3.68. The van der Waals surface area contributed by atoms with E-state index in [2.05, 4.69) is 10.6 Å². The molecule has 1 aliphatic rings. The van der Waals surface area contributed by atoms with Gasteiger partial charge in [0, 0.05) is 24.6 Å². The largest absolute Gasteiger partial charge is 0.469 e. The van der Waals surface area contributed by atoms with E-state index in [0.717, 1.165) is 25.0 Å². The van der Waals surface area contributed by atoms with Gasteiger partial charge < -0.3 is 19.8 Å².